The summed E-state index contributed by atoms with van der Waals surface area (Å²) in [6.07, 6.45) is 3.17. The SMILES string of the molecule is Cc1cnc(C(C)NS(=O)(=O)c2cccnc2NN)s1. The van der Waals surface area contributed by atoms with E-state index in [9.17, 15) is 8.42 Å². The lowest BCUT2D eigenvalue weighted by Crippen LogP contribution is -2.28. The summed E-state index contributed by atoms with van der Waals surface area (Å²) in [6.45, 7) is 3.65. The zero-order valence-electron chi connectivity index (χ0n) is 11.0. The van der Waals surface area contributed by atoms with Crippen molar-refractivity contribution in [1.82, 2.24) is 14.7 Å². The van der Waals surface area contributed by atoms with Crippen molar-refractivity contribution in [3.63, 3.8) is 0 Å². The van der Waals surface area contributed by atoms with E-state index in [1.807, 2.05) is 6.92 Å². The molecule has 2 heterocycles. The molecule has 0 saturated carbocycles. The highest BCUT2D eigenvalue weighted by Gasteiger charge is 2.23. The second kappa shape index (κ2) is 5.83. The van der Waals surface area contributed by atoms with Crippen LogP contribution in [0.5, 0.6) is 0 Å². The van der Waals surface area contributed by atoms with Crippen LogP contribution in [-0.4, -0.2) is 18.4 Å². The molecule has 2 rings (SSSR count). The fourth-order valence-corrected chi connectivity index (χ4v) is 3.81. The van der Waals surface area contributed by atoms with Crippen LogP contribution >= 0.6 is 11.3 Å². The molecule has 0 aliphatic heterocycles. The third-order valence-electron chi connectivity index (χ3n) is 2.54. The van der Waals surface area contributed by atoms with E-state index in [1.54, 1.807) is 13.1 Å². The first-order chi connectivity index (χ1) is 9.44. The minimum atomic E-state index is -3.73. The van der Waals surface area contributed by atoms with Gasteiger partial charge in [-0.15, -0.1) is 11.3 Å². The van der Waals surface area contributed by atoms with Crippen LogP contribution < -0.4 is 16.0 Å². The highest BCUT2D eigenvalue weighted by molar-refractivity contribution is 7.89. The Morgan fingerprint density at radius 3 is 2.75 bits per heavy atom. The van der Waals surface area contributed by atoms with E-state index in [2.05, 4.69) is 20.1 Å². The van der Waals surface area contributed by atoms with E-state index >= 15 is 0 Å². The predicted molar refractivity (Wildman–Crippen MR) is 77.6 cm³/mol. The zero-order valence-corrected chi connectivity index (χ0v) is 12.6. The van der Waals surface area contributed by atoms with Crippen molar-refractivity contribution < 1.29 is 8.42 Å². The monoisotopic (exact) mass is 313 g/mol. The van der Waals surface area contributed by atoms with Crippen LogP contribution in [0.3, 0.4) is 0 Å². The molecular formula is C11H15N5O2S2. The first-order valence-corrected chi connectivity index (χ1v) is 8.10. The topological polar surface area (TPSA) is 110 Å². The third kappa shape index (κ3) is 3.12. The Hall–Kier alpha value is -1.55. The fraction of sp³-hybridized carbons (Fsp3) is 0.273. The molecule has 7 nitrogen and oxygen atoms in total. The molecule has 2 aromatic heterocycles. The van der Waals surface area contributed by atoms with Gasteiger partial charge in [-0.25, -0.2) is 29.0 Å². The number of nitrogens with zero attached hydrogens (tertiary/aromatic N) is 2. The van der Waals surface area contributed by atoms with Crippen molar-refractivity contribution in [1.29, 1.82) is 0 Å². The molecule has 1 unspecified atom stereocenters. The molecule has 4 N–H and O–H groups in total. The van der Waals surface area contributed by atoms with Gasteiger partial charge in [0.25, 0.3) is 0 Å². The van der Waals surface area contributed by atoms with Crippen molar-refractivity contribution in [3.05, 3.63) is 34.4 Å². The molecular weight excluding hydrogens is 298 g/mol. The van der Waals surface area contributed by atoms with Gasteiger partial charge in [-0.05, 0) is 26.0 Å². The van der Waals surface area contributed by atoms with Gasteiger partial charge in [0.05, 0.1) is 6.04 Å². The predicted octanol–water partition coefficient (Wildman–Crippen LogP) is 1.17. The van der Waals surface area contributed by atoms with Gasteiger partial charge in [-0.2, -0.15) is 0 Å². The Kier molecular flexibility index (Phi) is 4.33. The van der Waals surface area contributed by atoms with Gasteiger partial charge in [-0.1, -0.05) is 0 Å². The zero-order chi connectivity index (χ0) is 14.8. The highest BCUT2D eigenvalue weighted by Crippen LogP contribution is 2.23. The number of aryl methyl sites for hydroxylation is 1. The first-order valence-electron chi connectivity index (χ1n) is 5.80. The van der Waals surface area contributed by atoms with Crippen LogP contribution in [0.1, 0.15) is 22.9 Å². The standard InChI is InChI=1S/C11H15N5O2S2/c1-7-6-14-11(19-7)8(2)16-20(17,18)9-4-3-5-13-10(9)15-12/h3-6,8,16H,12H2,1-2H3,(H,13,15). The van der Waals surface area contributed by atoms with Crippen LogP contribution in [0, 0.1) is 6.92 Å². The number of hydrazine groups is 1. The molecule has 0 saturated heterocycles. The van der Waals surface area contributed by atoms with Gasteiger partial charge in [0.15, 0.2) is 5.82 Å². The Morgan fingerprint density at radius 2 is 2.15 bits per heavy atom. The molecule has 2 aromatic rings. The van der Waals surface area contributed by atoms with Gasteiger partial charge in [-0.3, -0.25) is 0 Å². The normalized spacial score (nSPS) is 13.2. The van der Waals surface area contributed by atoms with Crippen LogP contribution in [0.2, 0.25) is 0 Å². The van der Waals surface area contributed by atoms with Gasteiger partial charge in [0.2, 0.25) is 10.0 Å². The lowest BCUT2D eigenvalue weighted by atomic mass is 10.4. The highest BCUT2D eigenvalue weighted by atomic mass is 32.2. The van der Waals surface area contributed by atoms with Crippen molar-refractivity contribution in [2.75, 3.05) is 5.43 Å². The maximum Gasteiger partial charge on any atom is 0.244 e. The van der Waals surface area contributed by atoms with Gasteiger partial charge in [0.1, 0.15) is 9.90 Å². The minimum Gasteiger partial charge on any atom is -0.307 e. The van der Waals surface area contributed by atoms with Gasteiger partial charge in [0, 0.05) is 17.3 Å². The van der Waals surface area contributed by atoms with E-state index in [4.69, 9.17) is 5.84 Å². The summed E-state index contributed by atoms with van der Waals surface area (Å²) in [7, 11) is -3.73. The number of rotatable bonds is 5. The van der Waals surface area contributed by atoms with E-state index < -0.39 is 16.1 Å². The molecule has 0 amide bonds. The van der Waals surface area contributed by atoms with Crippen LogP contribution in [0.4, 0.5) is 5.82 Å². The van der Waals surface area contributed by atoms with Gasteiger partial charge >= 0.3 is 0 Å². The van der Waals surface area contributed by atoms with Crippen molar-refractivity contribution in [2.45, 2.75) is 24.8 Å². The van der Waals surface area contributed by atoms with E-state index in [0.29, 0.717) is 5.01 Å². The average Bonchev–Trinajstić information content (AvgIpc) is 2.85. The summed E-state index contributed by atoms with van der Waals surface area (Å²) in [5, 5.41) is 0.706. The number of nitrogens with one attached hydrogen (secondary N) is 2. The molecule has 1 atom stereocenters. The number of nitrogens with two attached hydrogens (primary N) is 1. The molecule has 20 heavy (non-hydrogen) atoms. The fourth-order valence-electron chi connectivity index (χ4n) is 1.63. The van der Waals surface area contributed by atoms with Crippen molar-refractivity contribution in [3.8, 4) is 0 Å². The molecule has 0 fully saturated rings. The number of sulfonamides is 1. The number of aromatic nitrogens is 2. The van der Waals surface area contributed by atoms with Crippen molar-refractivity contribution >= 4 is 27.2 Å². The Labute approximate surface area is 121 Å². The molecule has 0 bridgehead atoms. The van der Waals surface area contributed by atoms with Gasteiger partial charge < -0.3 is 5.43 Å². The summed E-state index contributed by atoms with van der Waals surface area (Å²) >= 11 is 1.45. The second-order valence-corrected chi connectivity index (χ2v) is 7.10. The largest absolute Gasteiger partial charge is 0.307 e. The maximum absolute atomic E-state index is 12.3. The number of hydrogen-bond acceptors (Lipinski definition) is 7. The molecule has 0 aromatic carbocycles. The van der Waals surface area contributed by atoms with E-state index in [-0.39, 0.29) is 10.7 Å². The molecule has 0 aliphatic carbocycles. The van der Waals surface area contributed by atoms with E-state index in [1.165, 1.54) is 29.7 Å². The summed E-state index contributed by atoms with van der Waals surface area (Å²) in [4.78, 5) is 9.08. The number of hydrogen-bond donors (Lipinski definition) is 3. The summed E-state index contributed by atoms with van der Waals surface area (Å²) < 4.78 is 27.2. The molecule has 0 radical (unpaired) electrons. The molecule has 0 spiro atoms. The molecule has 9 heteroatoms. The summed E-state index contributed by atoms with van der Waals surface area (Å²) in [5.74, 6) is 5.38. The Bertz CT molecular complexity index is 698. The number of anilines is 1. The third-order valence-corrected chi connectivity index (χ3v) is 5.21. The molecule has 0 aliphatic rings. The smallest absolute Gasteiger partial charge is 0.244 e. The lowest BCUT2D eigenvalue weighted by Gasteiger charge is -2.13. The maximum atomic E-state index is 12.3. The minimum absolute atomic E-state index is 0.00243. The second-order valence-electron chi connectivity index (χ2n) is 4.15. The van der Waals surface area contributed by atoms with Crippen LogP contribution in [-0.2, 0) is 10.0 Å². The number of pyridine rings is 1. The number of nitrogen functional groups attached to an aromatic ring is 1. The first kappa shape index (κ1) is 14.9. The van der Waals surface area contributed by atoms with Crippen LogP contribution in [0.15, 0.2) is 29.4 Å². The summed E-state index contributed by atoms with van der Waals surface area (Å²) in [6, 6.07) is 2.54. The lowest BCUT2D eigenvalue weighted by molar-refractivity contribution is 0.566. The Morgan fingerprint density at radius 1 is 1.40 bits per heavy atom. The van der Waals surface area contributed by atoms with Crippen LogP contribution in [0.25, 0.3) is 0 Å². The van der Waals surface area contributed by atoms with Crippen molar-refractivity contribution in [2.24, 2.45) is 5.84 Å². The Balaban J connectivity index is 2.27. The summed E-state index contributed by atoms with van der Waals surface area (Å²) in [5.41, 5.74) is 2.28. The quantitative estimate of drug-likeness (QED) is 0.564. The molecule has 108 valence electrons. The number of thiazole rings is 1. The average molecular weight is 313 g/mol. The van der Waals surface area contributed by atoms with E-state index in [0.717, 1.165) is 4.88 Å².